The highest BCUT2D eigenvalue weighted by molar-refractivity contribution is 5.94. The highest BCUT2D eigenvalue weighted by Crippen LogP contribution is 2.23. The van der Waals surface area contributed by atoms with Gasteiger partial charge in [-0.3, -0.25) is 4.79 Å². The number of nitrogens with zero attached hydrogens (tertiary/aromatic N) is 4. The van der Waals surface area contributed by atoms with Gasteiger partial charge in [-0.25, -0.2) is 14.4 Å². The number of rotatable bonds is 3. The summed E-state index contributed by atoms with van der Waals surface area (Å²) in [6, 6.07) is 6.45. The van der Waals surface area contributed by atoms with Gasteiger partial charge < -0.3 is 9.80 Å². The summed E-state index contributed by atoms with van der Waals surface area (Å²) >= 11 is 0. The third kappa shape index (κ3) is 2.90. The van der Waals surface area contributed by atoms with E-state index in [1.807, 2.05) is 4.90 Å². The van der Waals surface area contributed by atoms with Crippen LogP contribution < -0.4 is 9.80 Å². The predicted octanol–water partition coefficient (Wildman–Crippen LogP) is 2.14. The fraction of sp³-hybridized carbons (Fsp3) is 0.312. The molecule has 0 saturated carbocycles. The number of carbonyl (C=O) groups is 1. The molecule has 0 unspecified atom stereocenters. The monoisotopic (exact) mass is 300 g/mol. The minimum Gasteiger partial charge on any atom is -0.366 e. The lowest BCUT2D eigenvalue weighted by Crippen LogP contribution is -2.47. The molecule has 22 heavy (non-hydrogen) atoms. The predicted molar refractivity (Wildman–Crippen MR) is 82.9 cm³/mol. The zero-order chi connectivity index (χ0) is 15.5. The number of halogens is 1. The van der Waals surface area contributed by atoms with E-state index in [0.29, 0.717) is 30.3 Å². The number of Topliss-reactive ketones (excluding diaryl/α,β-unsaturated/α-hetero) is 1. The Hall–Kier alpha value is -2.50. The van der Waals surface area contributed by atoms with Gasteiger partial charge in [0, 0.05) is 44.1 Å². The molecule has 2 heterocycles. The highest BCUT2D eigenvalue weighted by atomic mass is 19.1. The number of anilines is 2. The lowest BCUT2D eigenvalue weighted by Gasteiger charge is -2.36. The maximum absolute atomic E-state index is 14.2. The molecule has 3 rings (SSSR count). The zero-order valence-corrected chi connectivity index (χ0v) is 12.4. The molecule has 0 spiro atoms. The molecule has 0 aliphatic carbocycles. The first-order chi connectivity index (χ1) is 10.6. The van der Waals surface area contributed by atoms with E-state index < -0.39 is 0 Å². The third-order valence-electron chi connectivity index (χ3n) is 3.81. The molecule has 6 heteroatoms. The van der Waals surface area contributed by atoms with Crippen LogP contribution in [-0.2, 0) is 0 Å². The number of ketones is 1. The van der Waals surface area contributed by atoms with E-state index in [0.717, 1.165) is 13.1 Å². The number of carbonyl (C=O) groups excluding carboxylic acids is 1. The Morgan fingerprint density at radius 3 is 2.32 bits per heavy atom. The molecule has 2 aromatic rings. The van der Waals surface area contributed by atoms with E-state index in [2.05, 4.69) is 14.9 Å². The number of benzene rings is 1. The van der Waals surface area contributed by atoms with Gasteiger partial charge in [0.25, 0.3) is 0 Å². The highest BCUT2D eigenvalue weighted by Gasteiger charge is 2.21. The first-order valence-corrected chi connectivity index (χ1v) is 7.22. The van der Waals surface area contributed by atoms with Gasteiger partial charge in [0.2, 0.25) is 5.95 Å². The second kappa shape index (κ2) is 6.09. The van der Waals surface area contributed by atoms with Crippen molar-refractivity contribution in [3.8, 4) is 0 Å². The van der Waals surface area contributed by atoms with E-state index in [1.54, 1.807) is 30.6 Å². The van der Waals surface area contributed by atoms with Crippen molar-refractivity contribution in [3.05, 3.63) is 48.0 Å². The average Bonchev–Trinajstić information content (AvgIpc) is 2.56. The number of hydrogen-bond acceptors (Lipinski definition) is 5. The molecule has 1 aliphatic heterocycles. The normalized spacial score (nSPS) is 15.0. The molecule has 0 amide bonds. The van der Waals surface area contributed by atoms with Crippen molar-refractivity contribution in [2.45, 2.75) is 6.92 Å². The summed E-state index contributed by atoms with van der Waals surface area (Å²) < 4.78 is 14.2. The van der Waals surface area contributed by atoms with E-state index in [4.69, 9.17) is 0 Å². The second-order valence-corrected chi connectivity index (χ2v) is 5.25. The minimum absolute atomic E-state index is 0.128. The van der Waals surface area contributed by atoms with Crippen molar-refractivity contribution in [1.82, 2.24) is 9.97 Å². The van der Waals surface area contributed by atoms with Crippen LogP contribution in [0.3, 0.4) is 0 Å². The van der Waals surface area contributed by atoms with Crippen LogP contribution in [0.5, 0.6) is 0 Å². The molecule has 0 atom stereocenters. The zero-order valence-electron chi connectivity index (χ0n) is 12.4. The van der Waals surface area contributed by atoms with Crippen LogP contribution in [0.25, 0.3) is 0 Å². The van der Waals surface area contributed by atoms with E-state index in [9.17, 15) is 9.18 Å². The SMILES string of the molecule is CC(=O)c1ccc(N2CCN(c3ncccn3)CC2)c(F)c1. The summed E-state index contributed by atoms with van der Waals surface area (Å²) in [7, 11) is 0. The first-order valence-electron chi connectivity index (χ1n) is 7.22. The van der Waals surface area contributed by atoms with Crippen molar-refractivity contribution in [1.29, 1.82) is 0 Å². The van der Waals surface area contributed by atoms with Gasteiger partial charge in [-0.15, -0.1) is 0 Å². The van der Waals surface area contributed by atoms with Gasteiger partial charge in [-0.05, 0) is 31.2 Å². The summed E-state index contributed by atoms with van der Waals surface area (Å²) in [5.74, 6) is 0.225. The maximum atomic E-state index is 14.2. The lowest BCUT2D eigenvalue weighted by atomic mass is 10.1. The van der Waals surface area contributed by atoms with Crippen molar-refractivity contribution in [3.63, 3.8) is 0 Å². The lowest BCUT2D eigenvalue weighted by molar-refractivity contribution is 0.101. The van der Waals surface area contributed by atoms with Gasteiger partial charge in [-0.2, -0.15) is 0 Å². The van der Waals surface area contributed by atoms with Crippen molar-refractivity contribution in [2.75, 3.05) is 36.0 Å². The summed E-state index contributed by atoms with van der Waals surface area (Å²) in [5.41, 5.74) is 0.941. The smallest absolute Gasteiger partial charge is 0.225 e. The fourth-order valence-electron chi connectivity index (χ4n) is 2.58. The van der Waals surface area contributed by atoms with Crippen LogP contribution in [0, 0.1) is 5.82 Å². The second-order valence-electron chi connectivity index (χ2n) is 5.25. The number of aromatic nitrogens is 2. The van der Waals surface area contributed by atoms with Crippen LogP contribution in [0.2, 0.25) is 0 Å². The molecule has 1 saturated heterocycles. The molecule has 0 N–H and O–H groups in total. The van der Waals surface area contributed by atoms with Crippen LogP contribution >= 0.6 is 0 Å². The standard InChI is InChI=1S/C16H17FN4O/c1-12(22)13-3-4-15(14(17)11-13)20-7-9-21(10-8-20)16-18-5-2-6-19-16/h2-6,11H,7-10H2,1H3. The maximum Gasteiger partial charge on any atom is 0.225 e. The van der Waals surface area contributed by atoms with E-state index >= 15 is 0 Å². The molecule has 114 valence electrons. The summed E-state index contributed by atoms with van der Waals surface area (Å²) in [6.07, 6.45) is 3.43. The topological polar surface area (TPSA) is 49.3 Å². The van der Waals surface area contributed by atoms with Gasteiger partial charge in [-0.1, -0.05) is 0 Å². The molecular formula is C16H17FN4O. The summed E-state index contributed by atoms with van der Waals surface area (Å²) in [5, 5.41) is 0. The van der Waals surface area contributed by atoms with Gasteiger partial charge >= 0.3 is 0 Å². The molecule has 0 radical (unpaired) electrons. The average molecular weight is 300 g/mol. The van der Waals surface area contributed by atoms with Crippen LogP contribution in [0.4, 0.5) is 16.0 Å². The van der Waals surface area contributed by atoms with Crippen LogP contribution in [-0.4, -0.2) is 41.9 Å². The first kappa shape index (κ1) is 14.4. The summed E-state index contributed by atoms with van der Waals surface area (Å²) in [4.78, 5) is 23.8. The van der Waals surface area contributed by atoms with Crippen molar-refractivity contribution < 1.29 is 9.18 Å². The Labute approximate surface area is 128 Å². The minimum atomic E-state index is -0.350. The Morgan fingerprint density at radius 2 is 1.73 bits per heavy atom. The van der Waals surface area contributed by atoms with Crippen LogP contribution in [0.1, 0.15) is 17.3 Å². The van der Waals surface area contributed by atoms with Crippen molar-refractivity contribution >= 4 is 17.4 Å². The molecule has 1 aliphatic rings. The molecule has 5 nitrogen and oxygen atoms in total. The number of hydrogen-bond donors (Lipinski definition) is 0. The molecule has 1 fully saturated rings. The van der Waals surface area contributed by atoms with Crippen LogP contribution in [0.15, 0.2) is 36.7 Å². The largest absolute Gasteiger partial charge is 0.366 e. The Bertz CT molecular complexity index is 669. The van der Waals surface area contributed by atoms with Crippen molar-refractivity contribution in [2.24, 2.45) is 0 Å². The number of piperazine rings is 1. The summed E-state index contributed by atoms with van der Waals surface area (Å²) in [6.45, 7) is 4.28. The fourth-order valence-corrected chi connectivity index (χ4v) is 2.58. The molecule has 0 bridgehead atoms. The quantitative estimate of drug-likeness (QED) is 0.813. The Kier molecular flexibility index (Phi) is 4.00. The molecular weight excluding hydrogens is 283 g/mol. The van der Waals surface area contributed by atoms with E-state index in [-0.39, 0.29) is 11.6 Å². The third-order valence-corrected chi connectivity index (χ3v) is 3.81. The molecule has 1 aromatic heterocycles. The Morgan fingerprint density at radius 1 is 1.09 bits per heavy atom. The van der Waals surface area contributed by atoms with E-state index in [1.165, 1.54) is 13.0 Å². The van der Waals surface area contributed by atoms with Gasteiger partial charge in [0.1, 0.15) is 5.82 Å². The Balaban J connectivity index is 1.70. The molecule has 1 aromatic carbocycles. The van der Waals surface area contributed by atoms with Gasteiger partial charge in [0.15, 0.2) is 5.78 Å². The van der Waals surface area contributed by atoms with Gasteiger partial charge in [0.05, 0.1) is 5.69 Å².